The van der Waals surface area contributed by atoms with E-state index in [0.29, 0.717) is 15.0 Å². The fourth-order valence-electron chi connectivity index (χ4n) is 3.21. The van der Waals surface area contributed by atoms with E-state index in [1.807, 2.05) is 60.7 Å². The van der Waals surface area contributed by atoms with Gasteiger partial charge in [-0.25, -0.2) is 9.66 Å². The lowest BCUT2D eigenvalue weighted by Gasteiger charge is -2.10. The van der Waals surface area contributed by atoms with Crippen molar-refractivity contribution in [1.82, 2.24) is 19.9 Å². The second kappa shape index (κ2) is 6.00. The summed E-state index contributed by atoms with van der Waals surface area (Å²) in [6.45, 7) is 0. The first-order valence-corrected chi connectivity index (χ1v) is 9.12. The first kappa shape index (κ1) is 15.7. The number of nitrogens with two attached hydrogens (primary N) is 1. The Bertz CT molecular complexity index is 1340. The molecule has 7 heteroatoms. The van der Waals surface area contributed by atoms with Crippen LogP contribution in [0.3, 0.4) is 0 Å². The van der Waals surface area contributed by atoms with Gasteiger partial charge in [0.15, 0.2) is 0 Å². The molecule has 0 aliphatic rings. The molecule has 0 radical (unpaired) electrons. The minimum Gasteiger partial charge on any atom is -0.335 e. The van der Waals surface area contributed by atoms with E-state index in [-0.39, 0.29) is 5.56 Å². The smallest absolute Gasteiger partial charge is 0.289 e. The van der Waals surface area contributed by atoms with Crippen LogP contribution in [0.4, 0.5) is 0 Å². The second-order valence-electron chi connectivity index (χ2n) is 6.07. The minimum atomic E-state index is -0.289. The first-order chi connectivity index (χ1) is 13.2. The van der Waals surface area contributed by atoms with Gasteiger partial charge < -0.3 is 5.84 Å². The summed E-state index contributed by atoms with van der Waals surface area (Å²) in [6, 6.07) is 19.9. The van der Waals surface area contributed by atoms with E-state index in [2.05, 4.69) is 15.2 Å². The third kappa shape index (κ3) is 2.40. The van der Waals surface area contributed by atoms with Crippen LogP contribution >= 0.6 is 11.3 Å². The average molecular weight is 371 g/mol. The molecule has 5 rings (SSSR count). The number of hydrogen-bond donors (Lipinski definition) is 1. The van der Waals surface area contributed by atoms with Crippen molar-refractivity contribution < 1.29 is 0 Å². The minimum absolute atomic E-state index is 0.289. The average Bonchev–Trinajstić information content (AvgIpc) is 3.11. The van der Waals surface area contributed by atoms with Crippen LogP contribution in [0, 0.1) is 0 Å². The van der Waals surface area contributed by atoms with Crippen molar-refractivity contribution in [2.75, 3.05) is 5.84 Å². The quantitative estimate of drug-likeness (QED) is 0.480. The Morgan fingerprint density at radius 3 is 2.26 bits per heavy atom. The highest BCUT2D eigenvalue weighted by molar-refractivity contribution is 7.25. The fraction of sp³-hybridized carbons (Fsp3) is 0. The summed E-state index contributed by atoms with van der Waals surface area (Å²) in [5.74, 6) is 5.69. The predicted molar refractivity (Wildman–Crippen MR) is 108 cm³/mol. The number of rotatable bonds is 2. The van der Waals surface area contributed by atoms with Gasteiger partial charge in [0.25, 0.3) is 5.56 Å². The molecule has 27 heavy (non-hydrogen) atoms. The van der Waals surface area contributed by atoms with E-state index >= 15 is 0 Å². The highest BCUT2D eigenvalue weighted by Gasteiger charge is 2.21. The summed E-state index contributed by atoms with van der Waals surface area (Å²) in [5, 5.41) is 9.71. The standard InChI is InChI=1S/C20H13N5OS/c21-25-11-22-17-15-14(12-7-3-1-4-8-12)16(13-9-5-2-6-10-13)23-24-19(15)27-18(17)20(25)26/h1-11H,21H2. The van der Waals surface area contributed by atoms with Crippen molar-refractivity contribution in [2.24, 2.45) is 0 Å². The molecule has 2 N–H and O–H groups in total. The normalized spacial score (nSPS) is 11.3. The highest BCUT2D eigenvalue weighted by Crippen LogP contribution is 2.40. The van der Waals surface area contributed by atoms with Crippen molar-refractivity contribution in [1.29, 1.82) is 0 Å². The number of thiophene rings is 1. The molecule has 0 amide bonds. The number of aromatic nitrogens is 4. The topological polar surface area (TPSA) is 86.7 Å². The van der Waals surface area contributed by atoms with Crippen LogP contribution in [0.1, 0.15) is 0 Å². The van der Waals surface area contributed by atoms with Gasteiger partial charge >= 0.3 is 0 Å². The van der Waals surface area contributed by atoms with Crippen LogP contribution in [0.2, 0.25) is 0 Å². The SMILES string of the molecule is Nn1cnc2c(sc3nnc(-c4ccccc4)c(-c4ccccc4)c32)c1=O. The molecule has 3 heterocycles. The predicted octanol–water partition coefficient (Wildman–Crippen LogP) is 3.45. The summed E-state index contributed by atoms with van der Waals surface area (Å²) in [4.78, 5) is 17.6. The van der Waals surface area contributed by atoms with Crippen LogP contribution in [0.5, 0.6) is 0 Å². The number of hydrogen-bond acceptors (Lipinski definition) is 6. The second-order valence-corrected chi connectivity index (χ2v) is 7.07. The zero-order chi connectivity index (χ0) is 18.4. The Hall–Kier alpha value is -3.58. The lowest BCUT2D eigenvalue weighted by Crippen LogP contribution is -2.26. The lowest BCUT2D eigenvalue weighted by atomic mass is 9.97. The van der Waals surface area contributed by atoms with E-state index in [0.717, 1.165) is 32.4 Å². The fourth-order valence-corrected chi connectivity index (χ4v) is 4.23. The van der Waals surface area contributed by atoms with E-state index in [9.17, 15) is 4.79 Å². The highest BCUT2D eigenvalue weighted by atomic mass is 32.1. The van der Waals surface area contributed by atoms with Crippen molar-refractivity contribution in [3.05, 3.63) is 77.3 Å². The Morgan fingerprint density at radius 2 is 1.56 bits per heavy atom. The molecule has 6 nitrogen and oxygen atoms in total. The van der Waals surface area contributed by atoms with E-state index in [4.69, 9.17) is 5.84 Å². The van der Waals surface area contributed by atoms with Crippen LogP contribution in [0.25, 0.3) is 42.8 Å². The Labute approximate surface area is 157 Å². The zero-order valence-corrected chi connectivity index (χ0v) is 14.9. The number of fused-ring (bicyclic) bond motifs is 3. The van der Waals surface area contributed by atoms with Gasteiger partial charge in [-0.1, -0.05) is 60.7 Å². The van der Waals surface area contributed by atoms with Crippen molar-refractivity contribution in [2.45, 2.75) is 0 Å². The molecule has 0 saturated heterocycles. The maximum Gasteiger partial charge on any atom is 0.289 e. The van der Waals surface area contributed by atoms with E-state index < -0.39 is 0 Å². The van der Waals surface area contributed by atoms with Crippen molar-refractivity contribution in [3.63, 3.8) is 0 Å². The monoisotopic (exact) mass is 371 g/mol. The van der Waals surface area contributed by atoms with Crippen molar-refractivity contribution in [3.8, 4) is 22.4 Å². The van der Waals surface area contributed by atoms with Gasteiger partial charge in [0.05, 0.1) is 5.52 Å². The van der Waals surface area contributed by atoms with E-state index in [1.54, 1.807) is 0 Å². The van der Waals surface area contributed by atoms with Gasteiger partial charge in [-0.05, 0) is 5.56 Å². The molecule has 130 valence electrons. The molecule has 0 fully saturated rings. The molecule has 0 aliphatic carbocycles. The lowest BCUT2D eigenvalue weighted by molar-refractivity contribution is 0.917. The first-order valence-electron chi connectivity index (χ1n) is 8.30. The summed E-state index contributed by atoms with van der Waals surface area (Å²) in [5.41, 5.74) is 3.94. The molecule has 3 aromatic heterocycles. The van der Waals surface area contributed by atoms with Crippen LogP contribution in [-0.2, 0) is 0 Å². The van der Waals surface area contributed by atoms with Gasteiger partial charge in [-0.15, -0.1) is 21.5 Å². The Morgan fingerprint density at radius 1 is 0.889 bits per heavy atom. The Kier molecular flexibility index (Phi) is 3.48. The molecular formula is C20H13N5OS. The summed E-state index contributed by atoms with van der Waals surface area (Å²) in [6.07, 6.45) is 1.34. The molecule has 0 aliphatic heterocycles. The van der Waals surface area contributed by atoms with Gasteiger partial charge in [0.2, 0.25) is 0 Å². The van der Waals surface area contributed by atoms with Crippen LogP contribution in [-0.4, -0.2) is 19.9 Å². The molecule has 0 spiro atoms. The van der Waals surface area contributed by atoms with Gasteiger partial charge in [-0.3, -0.25) is 4.79 Å². The molecule has 0 saturated carbocycles. The maximum atomic E-state index is 12.5. The molecule has 2 aromatic carbocycles. The third-order valence-corrected chi connectivity index (χ3v) is 5.49. The summed E-state index contributed by atoms with van der Waals surface area (Å²) in [7, 11) is 0. The van der Waals surface area contributed by atoms with Gasteiger partial charge in [0.1, 0.15) is 21.6 Å². The maximum absolute atomic E-state index is 12.5. The van der Waals surface area contributed by atoms with Crippen LogP contribution < -0.4 is 11.4 Å². The number of nitrogens with zero attached hydrogens (tertiary/aromatic N) is 4. The molecule has 0 atom stereocenters. The summed E-state index contributed by atoms with van der Waals surface area (Å²) >= 11 is 1.27. The summed E-state index contributed by atoms with van der Waals surface area (Å²) < 4.78 is 1.47. The number of nitrogen functional groups attached to an aromatic ring is 1. The third-order valence-electron chi connectivity index (χ3n) is 4.44. The van der Waals surface area contributed by atoms with Crippen LogP contribution in [0.15, 0.2) is 71.8 Å². The molecule has 5 aromatic rings. The van der Waals surface area contributed by atoms with E-state index in [1.165, 1.54) is 17.7 Å². The largest absolute Gasteiger partial charge is 0.335 e. The van der Waals surface area contributed by atoms with Gasteiger partial charge in [0, 0.05) is 16.5 Å². The molecular weight excluding hydrogens is 358 g/mol. The Balaban J connectivity index is 1.99. The van der Waals surface area contributed by atoms with Gasteiger partial charge in [-0.2, -0.15) is 0 Å². The zero-order valence-electron chi connectivity index (χ0n) is 14.0. The number of benzene rings is 2. The van der Waals surface area contributed by atoms with Crippen molar-refractivity contribution >= 4 is 31.8 Å². The molecule has 0 unspecified atom stereocenters. The molecule has 0 bridgehead atoms.